The van der Waals surface area contributed by atoms with E-state index in [2.05, 4.69) is 12.6 Å². The Balaban J connectivity index is 2.03. The Kier molecular flexibility index (Phi) is 3.97. The first-order valence-corrected chi connectivity index (χ1v) is 6.65. The smallest absolute Gasteiger partial charge is 0.253 e. The molecule has 4 heteroatoms. The van der Waals surface area contributed by atoms with E-state index >= 15 is 0 Å². The Morgan fingerprint density at radius 1 is 1.50 bits per heavy atom. The molecule has 0 atom stereocenters. The van der Waals surface area contributed by atoms with Crippen molar-refractivity contribution in [1.29, 1.82) is 0 Å². The van der Waals surface area contributed by atoms with Gasteiger partial charge in [0.2, 0.25) is 0 Å². The number of hydrogen-bond acceptors (Lipinski definition) is 3. The lowest BCUT2D eigenvalue weighted by atomic mass is 9.82. The van der Waals surface area contributed by atoms with Gasteiger partial charge in [-0.2, -0.15) is 0 Å². The van der Waals surface area contributed by atoms with Crippen LogP contribution in [0, 0.1) is 12.8 Å². The number of nitrogens with zero attached hydrogens (tertiary/aromatic N) is 1. The van der Waals surface area contributed by atoms with Gasteiger partial charge in [-0.05, 0) is 43.4 Å². The van der Waals surface area contributed by atoms with Crippen molar-refractivity contribution in [2.75, 3.05) is 13.6 Å². The maximum Gasteiger partial charge on any atom is 0.253 e. The zero-order valence-corrected chi connectivity index (χ0v) is 11.7. The molecule has 18 heavy (non-hydrogen) atoms. The van der Waals surface area contributed by atoms with E-state index < -0.39 is 0 Å². The molecule has 0 aromatic heterocycles. The van der Waals surface area contributed by atoms with Gasteiger partial charge in [-0.3, -0.25) is 4.79 Å². The number of carbonyl (C=O) groups is 1. The average molecular weight is 265 g/mol. The highest BCUT2D eigenvalue weighted by atomic mass is 32.1. The third kappa shape index (κ3) is 2.87. The third-order valence-corrected chi connectivity index (χ3v) is 3.82. The summed E-state index contributed by atoms with van der Waals surface area (Å²) in [5.41, 5.74) is 1.68. The summed E-state index contributed by atoms with van der Waals surface area (Å²) in [6.07, 6.45) is 1.45. The second kappa shape index (κ2) is 5.33. The molecule has 1 aliphatic carbocycles. The van der Waals surface area contributed by atoms with E-state index in [0.29, 0.717) is 18.0 Å². The van der Waals surface area contributed by atoms with Gasteiger partial charge in [-0.1, -0.05) is 6.07 Å². The molecule has 1 N–H and O–H groups in total. The van der Waals surface area contributed by atoms with Crippen LogP contribution in [0.2, 0.25) is 0 Å². The molecule has 0 radical (unpaired) electrons. The minimum atomic E-state index is -0.166. The fourth-order valence-electron chi connectivity index (χ4n) is 2.37. The first kappa shape index (κ1) is 13.4. The summed E-state index contributed by atoms with van der Waals surface area (Å²) in [6.45, 7) is 2.65. The first-order valence-electron chi connectivity index (χ1n) is 6.20. The maximum absolute atomic E-state index is 12.3. The van der Waals surface area contributed by atoms with Crippen LogP contribution in [0.15, 0.2) is 23.1 Å². The summed E-state index contributed by atoms with van der Waals surface area (Å²) in [4.78, 5) is 14.8. The summed E-state index contributed by atoms with van der Waals surface area (Å²) in [5.74, 6) is 0.471. The van der Waals surface area contributed by atoms with Crippen LogP contribution in [-0.2, 0) is 0 Å². The van der Waals surface area contributed by atoms with E-state index in [4.69, 9.17) is 0 Å². The van der Waals surface area contributed by atoms with E-state index in [0.717, 1.165) is 23.3 Å². The molecular weight excluding hydrogens is 246 g/mol. The molecule has 0 heterocycles. The molecule has 98 valence electrons. The topological polar surface area (TPSA) is 40.5 Å². The summed E-state index contributed by atoms with van der Waals surface area (Å²) in [7, 11) is 1.82. The minimum absolute atomic E-state index is 0.0322. The molecule has 0 saturated heterocycles. The fraction of sp³-hybridized carbons (Fsp3) is 0.500. The predicted octanol–water partition coefficient (Wildman–Crippen LogP) is 2.13. The van der Waals surface area contributed by atoms with Crippen LogP contribution in [0.5, 0.6) is 0 Å². The Labute approximate surface area is 113 Å². The summed E-state index contributed by atoms with van der Waals surface area (Å²) in [5, 5.41) is 9.25. The van der Waals surface area contributed by atoms with Gasteiger partial charge in [0, 0.05) is 24.1 Å². The molecular formula is C14H19NO2S. The highest BCUT2D eigenvalue weighted by molar-refractivity contribution is 7.80. The van der Waals surface area contributed by atoms with Crippen LogP contribution < -0.4 is 0 Å². The molecule has 1 aromatic rings. The molecule has 0 spiro atoms. The molecule has 1 amide bonds. The van der Waals surface area contributed by atoms with Gasteiger partial charge >= 0.3 is 0 Å². The Morgan fingerprint density at radius 2 is 2.17 bits per heavy atom. The number of rotatable bonds is 3. The second-order valence-electron chi connectivity index (χ2n) is 5.18. The lowest BCUT2D eigenvalue weighted by Crippen LogP contribution is -2.39. The molecule has 1 saturated carbocycles. The van der Waals surface area contributed by atoms with Crippen LogP contribution in [0.25, 0.3) is 0 Å². The highest BCUT2D eigenvalue weighted by Crippen LogP contribution is 2.28. The molecule has 1 aromatic carbocycles. The maximum atomic E-state index is 12.3. The Hall–Kier alpha value is -1.00. The van der Waals surface area contributed by atoms with Crippen LogP contribution in [0.3, 0.4) is 0 Å². The summed E-state index contributed by atoms with van der Waals surface area (Å²) in [6, 6.07) is 5.61. The van der Waals surface area contributed by atoms with Crippen LogP contribution in [0.1, 0.15) is 28.8 Å². The zero-order valence-electron chi connectivity index (χ0n) is 10.8. The first-order chi connectivity index (χ1) is 8.47. The van der Waals surface area contributed by atoms with Gasteiger partial charge in [-0.15, -0.1) is 12.6 Å². The average Bonchev–Trinajstić information content (AvgIpc) is 2.29. The number of hydrogen-bond donors (Lipinski definition) is 2. The van der Waals surface area contributed by atoms with Crippen molar-refractivity contribution in [3.8, 4) is 0 Å². The number of aliphatic hydroxyl groups is 1. The number of thiol groups is 1. The van der Waals surface area contributed by atoms with Gasteiger partial charge in [0.15, 0.2) is 0 Å². The highest BCUT2D eigenvalue weighted by Gasteiger charge is 2.29. The zero-order chi connectivity index (χ0) is 13.3. The lowest BCUT2D eigenvalue weighted by Gasteiger charge is -2.34. The van der Waals surface area contributed by atoms with E-state index in [1.165, 1.54) is 0 Å². The Bertz CT molecular complexity index is 455. The van der Waals surface area contributed by atoms with Crippen molar-refractivity contribution in [3.63, 3.8) is 0 Å². The van der Waals surface area contributed by atoms with Crippen molar-refractivity contribution in [3.05, 3.63) is 29.3 Å². The van der Waals surface area contributed by atoms with E-state index in [1.54, 1.807) is 4.90 Å². The minimum Gasteiger partial charge on any atom is -0.393 e. The number of aliphatic hydroxyl groups excluding tert-OH is 1. The SMILES string of the molecule is Cc1ccc(S)cc1C(=O)N(C)CC1CC(O)C1. The molecule has 0 bridgehead atoms. The van der Waals surface area contributed by atoms with Crippen LogP contribution in [-0.4, -0.2) is 35.6 Å². The van der Waals surface area contributed by atoms with E-state index in [9.17, 15) is 9.90 Å². The van der Waals surface area contributed by atoms with E-state index in [-0.39, 0.29) is 12.0 Å². The molecule has 3 nitrogen and oxygen atoms in total. The monoisotopic (exact) mass is 265 g/mol. The molecule has 1 fully saturated rings. The standard InChI is InChI=1S/C14H19NO2S/c1-9-3-4-12(18)7-13(9)14(17)15(2)8-10-5-11(16)6-10/h3-4,7,10-11,16,18H,5-6,8H2,1-2H3. The van der Waals surface area contributed by atoms with Crippen molar-refractivity contribution >= 4 is 18.5 Å². The quantitative estimate of drug-likeness (QED) is 0.822. The van der Waals surface area contributed by atoms with Crippen LogP contribution >= 0.6 is 12.6 Å². The van der Waals surface area contributed by atoms with Crippen molar-refractivity contribution < 1.29 is 9.90 Å². The van der Waals surface area contributed by atoms with Crippen molar-refractivity contribution in [2.24, 2.45) is 5.92 Å². The number of aryl methyl sites for hydroxylation is 1. The molecule has 0 aliphatic heterocycles. The lowest BCUT2D eigenvalue weighted by molar-refractivity contribution is 0.0265. The molecule has 0 unspecified atom stereocenters. The number of amides is 1. The molecule has 1 aliphatic rings. The van der Waals surface area contributed by atoms with Crippen molar-refractivity contribution in [2.45, 2.75) is 30.8 Å². The Morgan fingerprint density at radius 3 is 2.78 bits per heavy atom. The number of benzene rings is 1. The van der Waals surface area contributed by atoms with Crippen molar-refractivity contribution in [1.82, 2.24) is 4.90 Å². The second-order valence-corrected chi connectivity index (χ2v) is 5.69. The van der Waals surface area contributed by atoms with Gasteiger partial charge in [0.05, 0.1) is 6.10 Å². The van der Waals surface area contributed by atoms with Crippen LogP contribution in [0.4, 0.5) is 0 Å². The third-order valence-electron chi connectivity index (χ3n) is 3.54. The molecule has 2 rings (SSSR count). The number of carbonyl (C=O) groups excluding carboxylic acids is 1. The largest absolute Gasteiger partial charge is 0.393 e. The normalized spacial score (nSPS) is 22.4. The summed E-state index contributed by atoms with van der Waals surface area (Å²) < 4.78 is 0. The predicted molar refractivity (Wildman–Crippen MR) is 74.1 cm³/mol. The summed E-state index contributed by atoms with van der Waals surface area (Å²) >= 11 is 4.27. The van der Waals surface area contributed by atoms with E-state index in [1.807, 2.05) is 32.2 Å². The van der Waals surface area contributed by atoms with Gasteiger partial charge in [0.1, 0.15) is 0 Å². The van der Waals surface area contributed by atoms with Gasteiger partial charge < -0.3 is 10.0 Å². The fourth-order valence-corrected chi connectivity index (χ4v) is 2.57. The van der Waals surface area contributed by atoms with Gasteiger partial charge in [-0.25, -0.2) is 0 Å². The van der Waals surface area contributed by atoms with Gasteiger partial charge in [0.25, 0.3) is 5.91 Å².